The van der Waals surface area contributed by atoms with Crippen LogP contribution < -0.4 is 16.8 Å². The third-order valence-corrected chi connectivity index (χ3v) is 2.08. The average Bonchev–Trinajstić information content (AvgIpc) is 2.14. The third kappa shape index (κ3) is 4.10. The molecule has 0 fully saturated rings. The van der Waals surface area contributed by atoms with E-state index < -0.39 is 11.4 Å². The van der Waals surface area contributed by atoms with Crippen LogP contribution in [-0.4, -0.2) is 22.3 Å². The lowest BCUT2D eigenvalue weighted by atomic mass is 10.00. The number of nitrogens with one attached hydrogen (secondary N) is 1. The van der Waals surface area contributed by atoms with Gasteiger partial charge < -0.3 is 16.8 Å². The van der Waals surface area contributed by atoms with E-state index in [0.717, 1.165) is 0 Å². The molecule has 1 rings (SSSR count). The van der Waals surface area contributed by atoms with E-state index in [9.17, 15) is 9.59 Å². The van der Waals surface area contributed by atoms with Crippen LogP contribution in [0.25, 0.3) is 0 Å². The Morgan fingerprint density at radius 2 is 2.12 bits per heavy atom. The second kappa shape index (κ2) is 4.82. The Morgan fingerprint density at radius 1 is 1.47 bits per heavy atom. The minimum Gasteiger partial charge on any atom is -0.399 e. The van der Waals surface area contributed by atoms with Gasteiger partial charge in [-0.15, -0.1) is 0 Å². The number of pyridine rings is 1. The molecule has 1 aromatic rings. The van der Waals surface area contributed by atoms with Crippen molar-refractivity contribution < 1.29 is 9.59 Å². The maximum absolute atomic E-state index is 11.8. The number of carbonyl (C=O) groups excluding carboxylic acids is 2. The summed E-state index contributed by atoms with van der Waals surface area (Å²) in [6.45, 7) is 3.42. The van der Waals surface area contributed by atoms with Crippen molar-refractivity contribution in [3.63, 3.8) is 0 Å². The summed E-state index contributed by atoms with van der Waals surface area (Å²) in [6, 6.07) is 3.06. The number of aromatic nitrogens is 1. The summed E-state index contributed by atoms with van der Waals surface area (Å²) in [5.41, 5.74) is 10.6. The van der Waals surface area contributed by atoms with E-state index in [0.29, 0.717) is 5.69 Å². The molecule has 2 amide bonds. The van der Waals surface area contributed by atoms with Gasteiger partial charge in [0.2, 0.25) is 5.91 Å². The number of nitrogens with zero attached hydrogens (tertiary/aromatic N) is 1. The topological polar surface area (TPSA) is 111 Å². The highest BCUT2D eigenvalue weighted by atomic mass is 16.2. The second-order valence-electron chi connectivity index (χ2n) is 4.46. The fourth-order valence-electron chi connectivity index (χ4n) is 1.42. The SMILES string of the molecule is CC(C)(CC(N)=O)NC(=O)c1cc(N)ccn1. The van der Waals surface area contributed by atoms with E-state index >= 15 is 0 Å². The van der Waals surface area contributed by atoms with Crippen LogP contribution in [0.1, 0.15) is 30.8 Å². The minimum absolute atomic E-state index is 0.0566. The standard InChI is InChI=1S/C11H16N4O2/c1-11(2,6-9(13)16)15-10(17)8-5-7(12)3-4-14-8/h3-5H,6H2,1-2H3,(H2,12,14)(H2,13,16)(H,15,17). The maximum atomic E-state index is 11.8. The fourth-order valence-corrected chi connectivity index (χ4v) is 1.42. The van der Waals surface area contributed by atoms with Crippen LogP contribution in [0.5, 0.6) is 0 Å². The number of rotatable bonds is 4. The highest BCUT2D eigenvalue weighted by Crippen LogP contribution is 2.10. The highest BCUT2D eigenvalue weighted by Gasteiger charge is 2.23. The summed E-state index contributed by atoms with van der Waals surface area (Å²) < 4.78 is 0. The van der Waals surface area contributed by atoms with Crippen molar-refractivity contribution in [2.75, 3.05) is 5.73 Å². The molecule has 0 saturated heterocycles. The monoisotopic (exact) mass is 236 g/mol. The first-order chi connectivity index (χ1) is 7.80. The van der Waals surface area contributed by atoms with Gasteiger partial charge in [0.25, 0.3) is 5.91 Å². The summed E-state index contributed by atoms with van der Waals surface area (Å²) in [6.07, 6.45) is 1.51. The normalized spacial score (nSPS) is 10.9. The molecule has 17 heavy (non-hydrogen) atoms. The van der Waals surface area contributed by atoms with E-state index in [1.54, 1.807) is 19.9 Å². The van der Waals surface area contributed by atoms with Crippen molar-refractivity contribution in [2.45, 2.75) is 25.8 Å². The predicted molar refractivity (Wildman–Crippen MR) is 64.0 cm³/mol. The molecular weight excluding hydrogens is 220 g/mol. The average molecular weight is 236 g/mol. The van der Waals surface area contributed by atoms with Gasteiger partial charge in [-0.25, -0.2) is 0 Å². The van der Waals surface area contributed by atoms with Crippen LogP contribution in [0.3, 0.4) is 0 Å². The number of hydrogen-bond acceptors (Lipinski definition) is 4. The Hall–Kier alpha value is -2.11. The smallest absolute Gasteiger partial charge is 0.270 e. The Morgan fingerprint density at radius 3 is 2.65 bits per heavy atom. The Balaban J connectivity index is 2.75. The minimum atomic E-state index is -0.713. The lowest BCUT2D eigenvalue weighted by Gasteiger charge is -2.24. The summed E-state index contributed by atoms with van der Waals surface area (Å²) in [4.78, 5) is 26.5. The van der Waals surface area contributed by atoms with Gasteiger partial charge in [-0.3, -0.25) is 14.6 Å². The number of nitrogens with two attached hydrogens (primary N) is 2. The molecule has 0 aliphatic heterocycles. The van der Waals surface area contributed by atoms with Crippen molar-refractivity contribution >= 4 is 17.5 Å². The molecule has 6 heteroatoms. The molecular formula is C11H16N4O2. The lowest BCUT2D eigenvalue weighted by molar-refractivity contribution is -0.119. The molecule has 0 aliphatic carbocycles. The molecule has 0 bridgehead atoms. The van der Waals surface area contributed by atoms with Crippen molar-refractivity contribution in [3.05, 3.63) is 24.0 Å². The molecule has 0 aromatic carbocycles. The summed E-state index contributed by atoms with van der Waals surface area (Å²) >= 11 is 0. The summed E-state index contributed by atoms with van der Waals surface area (Å²) in [7, 11) is 0. The van der Waals surface area contributed by atoms with Gasteiger partial charge in [0.15, 0.2) is 0 Å². The summed E-state index contributed by atoms with van der Waals surface area (Å²) in [5, 5.41) is 2.67. The molecule has 1 heterocycles. The zero-order valence-corrected chi connectivity index (χ0v) is 9.86. The third-order valence-electron chi connectivity index (χ3n) is 2.08. The molecule has 0 atom stereocenters. The molecule has 0 saturated carbocycles. The van der Waals surface area contributed by atoms with Crippen LogP contribution in [0.15, 0.2) is 18.3 Å². The number of primary amides is 1. The Bertz CT molecular complexity index is 443. The number of anilines is 1. The number of nitrogen functional groups attached to an aromatic ring is 1. The highest BCUT2D eigenvalue weighted by molar-refractivity contribution is 5.93. The van der Waals surface area contributed by atoms with E-state index in [2.05, 4.69) is 10.3 Å². The molecule has 0 aliphatic rings. The molecule has 6 nitrogen and oxygen atoms in total. The first-order valence-corrected chi connectivity index (χ1v) is 5.12. The van der Waals surface area contributed by atoms with Crippen molar-refractivity contribution in [2.24, 2.45) is 5.73 Å². The van der Waals surface area contributed by atoms with E-state index in [1.165, 1.54) is 12.3 Å². The Labute approximate surface area is 99.4 Å². The van der Waals surface area contributed by atoms with E-state index in [-0.39, 0.29) is 18.0 Å². The first-order valence-electron chi connectivity index (χ1n) is 5.12. The van der Waals surface area contributed by atoms with Gasteiger partial charge in [-0.1, -0.05) is 0 Å². The van der Waals surface area contributed by atoms with Crippen molar-refractivity contribution in [3.8, 4) is 0 Å². The molecule has 0 spiro atoms. The van der Waals surface area contributed by atoms with Gasteiger partial charge in [0, 0.05) is 23.8 Å². The van der Waals surface area contributed by atoms with Gasteiger partial charge >= 0.3 is 0 Å². The van der Waals surface area contributed by atoms with Gasteiger partial charge in [0.1, 0.15) is 5.69 Å². The van der Waals surface area contributed by atoms with E-state index in [1.807, 2.05) is 0 Å². The molecule has 0 radical (unpaired) electrons. The number of amides is 2. The largest absolute Gasteiger partial charge is 0.399 e. The fraction of sp³-hybridized carbons (Fsp3) is 0.364. The maximum Gasteiger partial charge on any atom is 0.270 e. The summed E-state index contributed by atoms with van der Waals surface area (Å²) in [5.74, 6) is -0.862. The Kier molecular flexibility index (Phi) is 3.67. The number of hydrogen-bond donors (Lipinski definition) is 3. The van der Waals surface area contributed by atoms with Crippen LogP contribution in [0.2, 0.25) is 0 Å². The van der Waals surface area contributed by atoms with Gasteiger partial charge in [0.05, 0.1) is 0 Å². The van der Waals surface area contributed by atoms with Crippen LogP contribution in [0.4, 0.5) is 5.69 Å². The molecule has 1 aromatic heterocycles. The first kappa shape index (κ1) is 13.0. The molecule has 5 N–H and O–H groups in total. The predicted octanol–water partition coefficient (Wildman–Crippen LogP) is 0.0476. The van der Waals surface area contributed by atoms with Crippen LogP contribution in [-0.2, 0) is 4.79 Å². The lowest BCUT2D eigenvalue weighted by Crippen LogP contribution is -2.46. The van der Waals surface area contributed by atoms with Crippen LogP contribution >= 0.6 is 0 Å². The van der Waals surface area contributed by atoms with Crippen LogP contribution in [0, 0.1) is 0 Å². The van der Waals surface area contributed by atoms with E-state index in [4.69, 9.17) is 11.5 Å². The number of carbonyl (C=O) groups is 2. The van der Waals surface area contributed by atoms with Gasteiger partial charge in [-0.05, 0) is 26.0 Å². The molecule has 92 valence electrons. The van der Waals surface area contributed by atoms with Crippen molar-refractivity contribution in [1.29, 1.82) is 0 Å². The zero-order chi connectivity index (χ0) is 13.1. The van der Waals surface area contributed by atoms with Gasteiger partial charge in [-0.2, -0.15) is 0 Å². The van der Waals surface area contributed by atoms with Crippen molar-refractivity contribution in [1.82, 2.24) is 10.3 Å². The quantitative estimate of drug-likeness (QED) is 0.685. The molecule has 0 unspecified atom stereocenters. The second-order valence-corrected chi connectivity index (χ2v) is 4.46. The zero-order valence-electron chi connectivity index (χ0n) is 9.86.